The molecule has 1 amide bonds. The fourth-order valence-corrected chi connectivity index (χ4v) is 2.88. The van der Waals surface area contributed by atoms with Gasteiger partial charge in [0.2, 0.25) is 5.91 Å². The summed E-state index contributed by atoms with van der Waals surface area (Å²) in [5.74, 6) is -0.421. The lowest BCUT2D eigenvalue weighted by atomic mass is 9.93. The number of hydrogen-bond donors (Lipinski definition) is 0. The Hall–Kier alpha value is -1.85. The fourth-order valence-electron chi connectivity index (χ4n) is 2.88. The maximum atomic E-state index is 12.5. The summed E-state index contributed by atoms with van der Waals surface area (Å²) in [7, 11) is 0. The average molecular weight is 321 g/mol. The lowest BCUT2D eigenvalue weighted by Gasteiger charge is -2.32. The number of aryl methyl sites for hydroxylation is 1. The van der Waals surface area contributed by atoms with Gasteiger partial charge in [-0.1, -0.05) is 0 Å². The molecule has 1 aliphatic heterocycles. The molecule has 1 aliphatic rings. The predicted octanol–water partition coefficient (Wildman–Crippen LogP) is 2.24. The number of aromatic nitrogens is 2. The minimum Gasteiger partial charge on any atom is -0.460 e. The standard InChI is InChI=1S/C17H27N3O3/c1-17(2,3)23-15(21)12-14-6-4-9-20(16(14)22)10-5-8-19-11-7-18-13-19/h7,11,13-14H,4-6,8-10,12H2,1-3H3/t14-/m1/s1. The minimum absolute atomic E-state index is 0.0905. The first-order chi connectivity index (χ1) is 10.8. The van der Waals surface area contributed by atoms with E-state index < -0.39 is 5.60 Å². The molecule has 128 valence electrons. The van der Waals surface area contributed by atoms with Crippen LogP contribution in [0.25, 0.3) is 0 Å². The molecule has 1 saturated heterocycles. The minimum atomic E-state index is -0.501. The highest BCUT2D eigenvalue weighted by Gasteiger charge is 2.31. The maximum absolute atomic E-state index is 12.5. The highest BCUT2D eigenvalue weighted by Crippen LogP contribution is 2.23. The molecule has 0 aliphatic carbocycles. The van der Waals surface area contributed by atoms with E-state index in [1.165, 1.54) is 0 Å². The van der Waals surface area contributed by atoms with E-state index in [1.807, 2.05) is 36.4 Å². The molecule has 2 heterocycles. The summed E-state index contributed by atoms with van der Waals surface area (Å²) >= 11 is 0. The number of hydrogen-bond acceptors (Lipinski definition) is 4. The van der Waals surface area contributed by atoms with Crippen LogP contribution in [0.15, 0.2) is 18.7 Å². The van der Waals surface area contributed by atoms with Crippen molar-refractivity contribution in [2.75, 3.05) is 13.1 Å². The first kappa shape index (κ1) is 17.5. The van der Waals surface area contributed by atoms with E-state index >= 15 is 0 Å². The first-order valence-electron chi connectivity index (χ1n) is 8.31. The molecule has 1 atom stereocenters. The molecule has 1 aromatic heterocycles. The lowest BCUT2D eigenvalue weighted by Crippen LogP contribution is -2.43. The molecular weight excluding hydrogens is 294 g/mol. The molecule has 0 N–H and O–H groups in total. The van der Waals surface area contributed by atoms with Crippen LogP contribution in [0.2, 0.25) is 0 Å². The third kappa shape index (κ3) is 5.69. The van der Waals surface area contributed by atoms with Crippen LogP contribution in [0.5, 0.6) is 0 Å². The number of ether oxygens (including phenoxy) is 1. The molecule has 0 bridgehead atoms. The zero-order chi connectivity index (χ0) is 16.9. The molecule has 1 fully saturated rings. The number of amides is 1. The highest BCUT2D eigenvalue weighted by atomic mass is 16.6. The van der Waals surface area contributed by atoms with Crippen LogP contribution in [-0.4, -0.2) is 45.0 Å². The van der Waals surface area contributed by atoms with Gasteiger partial charge in [-0.2, -0.15) is 0 Å². The Labute approximate surface area is 137 Å². The van der Waals surface area contributed by atoms with Crippen molar-refractivity contribution in [1.29, 1.82) is 0 Å². The molecule has 0 saturated carbocycles. The zero-order valence-electron chi connectivity index (χ0n) is 14.3. The molecule has 23 heavy (non-hydrogen) atoms. The largest absolute Gasteiger partial charge is 0.460 e. The summed E-state index contributed by atoms with van der Waals surface area (Å²) in [5.41, 5.74) is -0.501. The maximum Gasteiger partial charge on any atom is 0.307 e. The monoisotopic (exact) mass is 321 g/mol. The number of carbonyl (C=O) groups is 2. The quantitative estimate of drug-likeness (QED) is 0.754. The molecule has 0 radical (unpaired) electrons. The number of likely N-dealkylation sites (tertiary alicyclic amines) is 1. The van der Waals surface area contributed by atoms with Gasteiger partial charge < -0.3 is 14.2 Å². The topological polar surface area (TPSA) is 64.4 Å². The van der Waals surface area contributed by atoms with Crippen molar-refractivity contribution >= 4 is 11.9 Å². The Balaban J connectivity index is 1.79. The SMILES string of the molecule is CC(C)(C)OC(=O)C[C@H]1CCCN(CCCn2ccnc2)C1=O. The van der Waals surface area contributed by atoms with Gasteiger partial charge in [-0.05, 0) is 40.0 Å². The highest BCUT2D eigenvalue weighted by molar-refractivity contribution is 5.84. The van der Waals surface area contributed by atoms with E-state index in [0.717, 1.165) is 38.9 Å². The van der Waals surface area contributed by atoms with Gasteiger partial charge >= 0.3 is 5.97 Å². The van der Waals surface area contributed by atoms with Gasteiger partial charge in [0.25, 0.3) is 0 Å². The average Bonchev–Trinajstić information content (AvgIpc) is 2.94. The van der Waals surface area contributed by atoms with E-state index in [1.54, 1.807) is 12.5 Å². The van der Waals surface area contributed by atoms with E-state index in [-0.39, 0.29) is 24.2 Å². The summed E-state index contributed by atoms with van der Waals surface area (Å²) in [6, 6.07) is 0. The normalized spacial score (nSPS) is 19.0. The van der Waals surface area contributed by atoms with E-state index in [9.17, 15) is 9.59 Å². The second kappa shape index (κ2) is 7.62. The third-order valence-electron chi connectivity index (χ3n) is 3.88. The third-order valence-corrected chi connectivity index (χ3v) is 3.88. The first-order valence-corrected chi connectivity index (χ1v) is 8.31. The van der Waals surface area contributed by atoms with Crippen molar-refractivity contribution in [2.45, 2.75) is 58.6 Å². The van der Waals surface area contributed by atoms with E-state index in [0.29, 0.717) is 0 Å². The molecule has 1 aromatic rings. The van der Waals surface area contributed by atoms with Crippen LogP contribution >= 0.6 is 0 Å². The van der Waals surface area contributed by atoms with Gasteiger partial charge in [0.05, 0.1) is 12.7 Å². The lowest BCUT2D eigenvalue weighted by molar-refractivity contribution is -0.159. The van der Waals surface area contributed by atoms with Gasteiger partial charge in [0.1, 0.15) is 5.60 Å². The number of nitrogens with zero attached hydrogens (tertiary/aromatic N) is 3. The van der Waals surface area contributed by atoms with E-state index in [4.69, 9.17) is 4.74 Å². The van der Waals surface area contributed by atoms with Gasteiger partial charge in [-0.3, -0.25) is 9.59 Å². The molecule has 6 heteroatoms. The van der Waals surface area contributed by atoms with Crippen molar-refractivity contribution in [2.24, 2.45) is 5.92 Å². The van der Waals surface area contributed by atoms with Gasteiger partial charge in [0, 0.05) is 37.9 Å². The number of esters is 1. The van der Waals surface area contributed by atoms with Crippen molar-refractivity contribution in [3.05, 3.63) is 18.7 Å². The van der Waals surface area contributed by atoms with E-state index in [2.05, 4.69) is 4.98 Å². The summed E-state index contributed by atoms with van der Waals surface area (Å²) in [6.45, 7) is 7.89. The number of rotatable bonds is 6. The number of piperidine rings is 1. The molecule has 0 aromatic carbocycles. The molecular formula is C17H27N3O3. The van der Waals surface area contributed by atoms with Gasteiger partial charge in [0.15, 0.2) is 0 Å². The molecule has 0 spiro atoms. The van der Waals surface area contributed by atoms with Crippen LogP contribution in [0.4, 0.5) is 0 Å². The number of carbonyl (C=O) groups excluding carboxylic acids is 2. The van der Waals surface area contributed by atoms with Crippen LogP contribution in [-0.2, 0) is 20.9 Å². The smallest absolute Gasteiger partial charge is 0.307 e. The second-order valence-electron chi connectivity index (χ2n) is 7.11. The predicted molar refractivity (Wildman–Crippen MR) is 86.6 cm³/mol. The summed E-state index contributed by atoms with van der Waals surface area (Å²) in [6.07, 6.45) is 8.26. The Morgan fingerprint density at radius 1 is 1.39 bits per heavy atom. The fraction of sp³-hybridized carbons (Fsp3) is 0.706. The second-order valence-corrected chi connectivity index (χ2v) is 7.11. The summed E-state index contributed by atoms with van der Waals surface area (Å²) in [5, 5.41) is 0. The molecule has 6 nitrogen and oxygen atoms in total. The summed E-state index contributed by atoms with van der Waals surface area (Å²) < 4.78 is 7.34. The summed E-state index contributed by atoms with van der Waals surface area (Å²) in [4.78, 5) is 30.4. The van der Waals surface area contributed by atoms with Crippen LogP contribution in [0.1, 0.15) is 46.5 Å². The Morgan fingerprint density at radius 3 is 2.83 bits per heavy atom. The van der Waals surface area contributed by atoms with Crippen molar-refractivity contribution < 1.29 is 14.3 Å². The zero-order valence-corrected chi connectivity index (χ0v) is 14.3. The van der Waals surface area contributed by atoms with Gasteiger partial charge in [-0.25, -0.2) is 4.98 Å². The van der Waals surface area contributed by atoms with Gasteiger partial charge in [-0.15, -0.1) is 0 Å². The Kier molecular flexibility index (Phi) is 5.80. The Bertz CT molecular complexity index is 520. The van der Waals surface area contributed by atoms with Crippen molar-refractivity contribution in [3.63, 3.8) is 0 Å². The van der Waals surface area contributed by atoms with Crippen LogP contribution in [0, 0.1) is 5.92 Å². The van der Waals surface area contributed by atoms with Crippen LogP contribution < -0.4 is 0 Å². The number of imidazole rings is 1. The van der Waals surface area contributed by atoms with Crippen molar-refractivity contribution in [1.82, 2.24) is 14.5 Å². The van der Waals surface area contributed by atoms with Crippen LogP contribution in [0.3, 0.4) is 0 Å². The molecule has 0 unspecified atom stereocenters. The van der Waals surface area contributed by atoms with Crippen molar-refractivity contribution in [3.8, 4) is 0 Å². The Morgan fingerprint density at radius 2 is 2.17 bits per heavy atom. The molecule has 2 rings (SSSR count).